The number of anilines is 6. The van der Waals surface area contributed by atoms with Crippen molar-refractivity contribution in [2.75, 3.05) is 9.80 Å². The minimum Gasteiger partial charge on any atom is -0.309 e. The van der Waals surface area contributed by atoms with Crippen molar-refractivity contribution in [1.29, 1.82) is 0 Å². The van der Waals surface area contributed by atoms with Gasteiger partial charge in [-0.3, -0.25) is 0 Å². The van der Waals surface area contributed by atoms with E-state index in [1.807, 2.05) is 19.1 Å². The smallest absolute Gasteiger partial charge is 0.0722 e. The number of nitrogens with zero attached hydrogens (tertiary/aromatic N) is 4. The van der Waals surface area contributed by atoms with E-state index in [1.165, 1.54) is 0 Å². The highest BCUT2D eigenvalue weighted by molar-refractivity contribution is 6.29. The Morgan fingerprint density at radius 2 is 1.03 bits per heavy atom. The lowest BCUT2D eigenvalue weighted by Gasteiger charge is -2.29. The first-order valence-corrected chi connectivity index (χ1v) is 22.0. The van der Waals surface area contributed by atoms with E-state index >= 15 is 0 Å². The van der Waals surface area contributed by atoms with Gasteiger partial charge in [0.2, 0.25) is 0 Å². The lowest BCUT2D eigenvalue weighted by Crippen LogP contribution is -2.13. The molecular formula is C61H44N4. The molecule has 8 aromatic carbocycles. The van der Waals surface area contributed by atoms with Gasteiger partial charge in [0, 0.05) is 27.9 Å². The van der Waals surface area contributed by atoms with Gasteiger partial charge in [-0.2, -0.15) is 0 Å². The van der Waals surface area contributed by atoms with Gasteiger partial charge in [0.15, 0.2) is 0 Å². The van der Waals surface area contributed by atoms with Gasteiger partial charge in [0.05, 0.1) is 45.4 Å². The van der Waals surface area contributed by atoms with Crippen LogP contribution in [0.3, 0.4) is 0 Å². The highest BCUT2D eigenvalue weighted by Crippen LogP contribution is 2.48. The molecule has 0 atom stereocenters. The quantitative estimate of drug-likeness (QED) is 0.0868. The Hall–Kier alpha value is -8.60. The Kier molecular flexibility index (Phi) is 10.0. The van der Waals surface area contributed by atoms with Crippen LogP contribution >= 0.6 is 0 Å². The van der Waals surface area contributed by atoms with Crippen molar-refractivity contribution >= 4 is 96.6 Å². The zero-order valence-electron chi connectivity index (χ0n) is 36.1. The van der Waals surface area contributed by atoms with Crippen LogP contribution in [0.1, 0.15) is 34.7 Å². The van der Waals surface area contributed by atoms with Crippen molar-refractivity contribution in [2.45, 2.75) is 6.92 Å². The number of allylic oxidation sites excluding steroid dienone is 5. The van der Waals surface area contributed by atoms with Gasteiger partial charge >= 0.3 is 0 Å². The zero-order valence-corrected chi connectivity index (χ0v) is 36.1. The fourth-order valence-electron chi connectivity index (χ4n) is 9.45. The summed E-state index contributed by atoms with van der Waals surface area (Å²) in [6.07, 6.45) is 18.5. The topological polar surface area (TPSA) is 31.7 Å². The average molecular weight is 833 g/mol. The molecule has 308 valence electrons. The van der Waals surface area contributed by atoms with Gasteiger partial charge in [-0.1, -0.05) is 165 Å². The summed E-state index contributed by atoms with van der Waals surface area (Å²) in [6.45, 7) is 10.3. The third kappa shape index (κ3) is 6.98. The SMILES string of the molecule is C=C/C=C\C(=C)/N=C(\C=C\C)c1c2cc(N3c4ccccc4C=Cc4ccccc43)ccc2c(-c2ccc3ccccc3n2)c2cc(N3c4ccccc4C=Cc4ccccc43)ccc12. The molecule has 0 spiro atoms. The lowest BCUT2D eigenvalue weighted by atomic mass is 9.87. The van der Waals surface area contributed by atoms with Crippen molar-refractivity contribution < 1.29 is 0 Å². The first-order chi connectivity index (χ1) is 32.1. The number of para-hydroxylation sites is 5. The van der Waals surface area contributed by atoms with Crippen LogP contribution in [0.25, 0.3) is 68.0 Å². The fourth-order valence-corrected chi connectivity index (χ4v) is 9.45. The highest BCUT2D eigenvalue weighted by Gasteiger charge is 2.26. The van der Waals surface area contributed by atoms with Crippen LogP contribution in [0.2, 0.25) is 0 Å². The first kappa shape index (κ1) is 39.3. The van der Waals surface area contributed by atoms with Crippen LogP contribution in [0.4, 0.5) is 34.1 Å². The van der Waals surface area contributed by atoms with Crippen molar-refractivity contribution in [3.05, 3.63) is 247 Å². The molecule has 0 bridgehead atoms. The Morgan fingerprint density at radius 3 is 1.58 bits per heavy atom. The lowest BCUT2D eigenvalue weighted by molar-refractivity contribution is 1.28. The Morgan fingerprint density at radius 1 is 0.523 bits per heavy atom. The van der Waals surface area contributed by atoms with E-state index in [0.29, 0.717) is 5.70 Å². The summed E-state index contributed by atoms with van der Waals surface area (Å²) >= 11 is 0. The summed E-state index contributed by atoms with van der Waals surface area (Å²) in [7, 11) is 0. The maximum absolute atomic E-state index is 5.43. The van der Waals surface area contributed by atoms with Gasteiger partial charge in [-0.05, 0) is 124 Å². The second-order valence-corrected chi connectivity index (χ2v) is 16.3. The molecule has 0 saturated carbocycles. The molecule has 0 unspecified atom stereocenters. The summed E-state index contributed by atoms with van der Waals surface area (Å²) in [5.74, 6) is 0. The number of aliphatic imine (C=N–C) groups is 1. The second-order valence-electron chi connectivity index (χ2n) is 16.3. The van der Waals surface area contributed by atoms with E-state index in [4.69, 9.17) is 9.98 Å². The first-order valence-electron chi connectivity index (χ1n) is 22.0. The Balaban J connectivity index is 1.27. The normalized spacial score (nSPS) is 13.2. The number of aromatic nitrogens is 1. The van der Waals surface area contributed by atoms with E-state index < -0.39 is 0 Å². The zero-order chi connectivity index (χ0) is 43.9. The molecular weight excluding hydrogens is 789 g/mol. The number of pyridine rings is 1. The monoisotopic (exact) mass is 832 g/mol. The summed E-state index contributed by atoms with van der Waals surface area (Å²) in [4.78, 5) is 15.5. The maximum Gasteiger partial charge on any atom is 0.0722 e. The summed E-state index contributed by atoms with van der Waals surface area (Å²) < 4.78 is 0. The largest absolute Gasteiger partial charge is 0.309 e. The van der Waals surface area contributed by atoms with Crippen LogP contribution in [0, 0.1) is 0 Å². The molecule has 0 aliphatic carbocycles. The van der Waals surface area contributed by atoms with Gasteiger partial charge in [0.1, 0.15) is 0 Å². The van der Waals surface area contributed by atoms with Crippen molar-refractivity contribution in [2.24, 2.45) is 4.99 Å². The molecule has 65 heavy (non-hydrogen) atoms. The van der Waals surface area contributed by atoms with Crippen LogP contribution in [0.5, 0.6) is 0 Å². The summed E-state index contributed by atoms with van der Waals surface area (Å²) in [5.41, 5.74) is 16.4. The Labute approximate surface area is 379 Å². The van der Waals surface area contributed by atoms with Gasteiger partial charge in [0.25, 0.3) is 0 Å². The van der Waals surface area contributed by atoms with E-state index in [9.17, 15) is 0 Å². The molecule has 0 saturated heterocycles. The molecule has 2 aliphatic heterocycles. The summed E-state index contributed by atoms with van der Waals surface area (Å²) in [6, 6.07) is 60.9. The molecule has 1 aromatic heterocycles. The molecule has 0 radical (unpaired) electrons. The van der Waals surface area contributed by atoms with Crippen LogP contribution in [-0.2, 0) is 0 Å². The molecule has 0 amide bonds. The van der Waals surface area contributed by atoms with Crippen molar-refractivity contribution in [1.82, 2.24) is 4.98 Å². The number of benzene rings is 8. The minimum absolute atomic E-state index is 0.624. The number of fused-ring (bicyclic) bond motifs is 7. The van der Waals surface area contributed by atoms with E-state index in [0.717, 1.165) is 111 Å². The van der Waals surface area contributed by atoms with Crippen LogP contribution < -0.4 is 9.80 Å². The molecule has 0 N–H and O–H groups in total. The molecule has 0 fully saturated rings. The number of hydrogen-bond donors (Lipinski definition) is 0. The minimum atomic E-state index is 0.624. The van der Waals surface area contributed by atoms with E-state index in [2.05, 4.69) is 229 Å². The van der Waals surface area contributed by atoms with Crippen molar-refractivity contribution in [3.8, 4) is 11.3 Å². The number of hydrogen-bond acceptors (Lipinski definition) is 4. The Bertz CT molecular complexity index is 3460. The standard InChI is InChI=1S/C61H44N4/c1-4-6-18-41(3)62-54(17-5-2)60-49-36-34-48(65-58-27-15-10-22-45(58)31-32-46-23-11-16-28-59(46)65)40-52(49)61(55-38-33-42-19-7-12-24-53(42)63-55)50-37-35-47(39-51(50)60)64-56-25-13-8-20-43(56)29-30-44-21-9-14-26-57(44)64/h4-40H,1,3H2,2H3/b17-5+,18-6-,62-54+. The van der Waals surface area contributed by atoms with E-state index in [1.54, 1.807) is 6.08 Å². The molecule has 2 aliphatic rings. The van der Waals surface area contributed by atoms with Crippen LogP contribution in [-0.4, -0.2) is 10.7 Å². The van der Waals surface area contributed by atoms with Crippen LogP contribution in [0.15, 0.2) is 224 Å². The molecule has 4 nitrogen and oxygen atoms in total. The third-order valence-electron chi connectivity index (χ3n) is 12.3. The molecule has 9 aromatic rings. The molecule has 4 heteroatoms. The van der Waals surface area contributed by atoms with Gasteiger partial charge < -0.3 is 9.80 Å². The van der Waals surface area contributed by atoms with E-state index in [-0.39, 0.29) is 0 Å². The predicted molar refractivity (Wildman–Crippen MR) is 279 cm³/mol. The molecule has 3 heterocycles. The average Bonchev–Trinajstić information content (AvgIpc) is 3.63. The highest BCUT2D eigenvalue weighted by atomic mass is 15.2. The van der Waals surface area contributed by atoms with Gasteiger partial charge in [-0.15, -0.1) is 0 Å². The third-order valence-corrected chi connectivity index (χ3v) is 12.3. The van der Waals surface area contributed by atoms with Gasteiger partial charge in [-0.25, -0.2) is 9.98 Å². The number of rotatable bonds is 8. The fraction of sp³-hybridized carbons (Fsp3) is 0.0164. The maximum atomic E-state index is 5.43. The van der Waals surface area contributed by atoms with Crippen molar-refractivity contribution in [3.63, 3.8) is 0 Å². The summed E-state index contributed by atoms with van der Waals surface area (Å²) in [5, 5.41) is 5.32. The predicted octanol–water partition coefficient (Wildman–Crippen LogP) is 16.7. The molecule has 11 rings (SSSR count). The second kappa shape index (κ2) is 16.6.